The number of aromatic amines is 1. The van der Waals surface area contributed by atoms with Crippen LogP contribution in [-0.2, 0) is 4.79 Å². The summed E-state index contributed by atoms with van der Waals surface area (Å²) in [5.41, 5.74) is 1.67. The molecule has 1 heterocycles. The predicted molar refractivity (Wildman–Crippen MR) is 59.5 cm³/mol. The Labute approximate surface area is 87.0 Å². The van der Waals surface area contributed by atoms with Gasteiger partial charge in [0.25, 0.3) is 0 Å². The zero-order valence-electron chi connectivity index (χ0n) is 8.32. The lowest BCUT2D eigenvalue weighted by Crippen LogP contribution is -2.07. The Morgan fingerprint density at radius 1 is 1.53 bits per heavy atom. The van der Waals surface area contributed by atoms with Crippen LogP contribution >= 0.6 is 0 Å². The molecule has 0 fully saturated rings. The van der Waals surface area contributed by atoms with Crippen LogP contribution in [0.4, 0.5) is 5.69 Å². The normalized spacial score (nSPS) is 11.0. The number of rotatable bonds is 2. The summed E-state index contributed by atoms with van der Waals surface area (Å²) in [6.45, 7) is 1.80. The summed E-state index contributed by atoms with van der Waals surface area (Å²) in [6.07, 6.45) is 4.92. The number of fused-ring (bicyclic) bond motifs is 1. The van der Waals surface area contributed by atoms with E-state index in [1.165, 1.54) is 6.08 Å². The molecule has 1 amide bonds. The smallest absolute Gasteiger partial charge is 0.248 e. The molecule has 2 rings (SSSR count). The highest BCUT2D eigenvalue weighted by atomic mass is 16.1. The summed E-state index contributed by atoms with van der Waals surface area (Å²) in [4.78, 5) is 11.3. The number of aromatic nitrogens is 2. The van der Waals surface area contributed by atoms with Crippen molar-refractivity contribution >= 4 is 22.5 Å². The molecule has 2 N–H and O–H groups in total. The Bertz CT molecular complexity index is 513. The van der Waals surface area contributed by atoms with Gasteiger partial charge in [-0.05, 0) is 31.2 Å². The largest absolute Gasteiger partial charge is 0.322 e. The Morgan fingerprint density at radius 2 is 2.40 bits per heavy atom. The highest BCUT2D eigenvalue weighted by molar-refractivity contribution is 6.00. The molecule has 0 aliphatic rings. The first kappa shape index (κ1) is 9.45. The van der Waals surface area contributed by atoms with Crippen molar-refractivity contribution in [1.82, 2.24) is 10.2 Å². The number of benzene rings is 1. The summed E-state index contributed by atoms with van der Waals surface area (Å²) in [5, 5.41) is 10.5. The molecule has 0 saturated heterocycles. The van der Waals surface area contributed by atoms with Crippen molar-refractivity contribution in [2.45, 2.75) is 6.92 Å². The van der Waals surface area contributed by atoms with E-state index in [1.807, 2.05) is 18.2 Å². The standard InChI is InChI=1S/C11H11N3O/c1-2-3-11(15)13-9-5-4-8-7-12-14-10(8)6-9/h2-7H,1H3,(H,12,14)(H,13,15)/b3-2+. The molecule has 0 aliphatic heterocycles. The fraction of sp³-hybridized carbons (Fsp3) is 0.0909. The van der Waals surface area contributed by atoms with Crippen LogP contribution < -0.4 is 5.32 Å². The third-order valence-electron chi connectivity index (χ3n) is 2.03. The molecule has 15 heavy (non-hydrogen) atoms. The van der Waals surface area contributed by atoms with Crippen LogP contribution in [-0.4, -0.2) is 16.1 Å². The van der Waals surface area contributed by atoms with Crippen LogP contribution in [0.1, 0.15) is 6.92 Å². The monoisotopic (exact) mass is 201 g/mol. The van der Waals surface area contributed by atoms with E-state index in [2.05, 4.69) is 15.5 Å². The van der Waals surface area contributed by atoms with Crippen molar-refractivity contribution in [2.24, 2.45) is 0 Å². The topological polar surface area (TPSA) is 57.8 Å². The van der Waals surface area contributed by atoms with E-state index < -0.39 is 0 Å². The van der Waals surface area contributed by atoms with Crippen molar-refractivity contribution in [1.29, 1.82) is 0 Å². The second kappa shape index (κ2) is 3.96. The van der Waals surface area contributed by atoms with Gasteiger partial charge < -0.3 is 5.32 Å². The molecule has 4 nitrogen and oxygen atoms in total. The molecular formula is C11H11N3O. The zero-order valence-corrected chi connectivity index (χ0v) is 8.32. The Hall–Kier alpha value is -2.10. The van der Waals surface area contributed by atoms with Crippen LogP contribution in [0.5, 0.6) is 0 Å². The van der Waals surface area contributed by atoms with Crippen molar-refractivity contribution in [3.63, 3.8) is 0 Å². The number of hydrogen-bond donors (Lipinski definition) is 2. The summed E-state index contributed by atoms with van der Waals surface area (Å²) in [7, 11) is 0. The van der Waals surface area contributed by atoms with Crippen molar-refractivity contribution in [3.05, 3.63) is 36.5 Å². The summed E-state index contributed by atoms with van der Waals surface area (Å²) in [5.74, 6) is -0.128. The van der Waals surface area contributed by atoms with E-state index in [-0.39, 0.29) is 5.91 Å². The minimum atomic E-state index is -0.128. The first-order chi connectivity index (χ1) is 7.29. The summed E-state index contributed by atoms with van der Waals surface area (Å²) < 4.78 is 0. The maximum Gasteiger partial charge on any atom is 0.248 e. The highest BCUT2D eigenvalue weighted by Gasteiger charge is 1.99. The molecule has 0 atom stereocenters. The summed E-state index contributed by atoms with van der Waals surface area (Å²) in [6, 6.07) is 5.60. The number of hydrogen-bond acceptors (Lipinski definition) is 2. The Kier molecular flexibility index (Phi) is 2.49. The minimum Gasteiger partial charge on any atom is -0.322 e. The third-order valence-corrected chi connectivity index (χ3v) is 2.03. The lowest BCUT2D eigenvalue weighted by molar-refractivity contribution is -0.111. The van der Waals surface area contributed by atoms with Crippen molar-refractivity contribution < 1.29 is 4.79 Å². The van der Waals surface area contributed by atoms with Crippen molar-refractivity contribution in [2.75, 3.05) is 5.32 Å². The minimum absolute atomic E-state index is 0.128. The highest BCUT2D eigenvalue weighted by Crippen LogP contribution is 2.16. The van der Waals surface area contributed by atoms with Gasteiger partial charge in [-0.3, -0.25) is 9.89 Å². The third kappa shape index (κ3) is 2.04. The fourth-order valence-electron chi connectivity index (χ4n) is 1.35. The SMILES string of the molecule is C/C=C/C(=O)Nc1ccc2cn[nH]c2c1. The van der Waals surface area contributed by atoms with Crippen LogP contribution in [0.15, 0.2) is 36.5 Å². The van der Waals surface area contributed by atoms with Crippen LogP contribution in [0.2, 0.25) is 0 Å². The average molecular weight is 201 g/mol. The number of anilines is 1. The molecule has 0 radical (unpaired) electrons. The first-order valence-corrected chi connectivity index (χ1v) is 4.66. The van der Waals surface area contributed by atoms with Gasteiger partial charge in [-0.1, -0.05) is 6.08 Å². The van der Waals surface area contributed by atoms with Gasteiger partial charge >= 0.3 is 0 Å². The number of H-pyrrole nitrogens is 1. The molecule has 4 heteroatoms. The van der Waals surface area contributed by atoms with Gasteiger partial charge in [-0.2, -0.15) is 5.10 Å². The van der Waals surface area contributed by atoms with Gasteiger partial charge in [-0.15, -0.1) is 0 Å². The molecular weight excluding hydrogens is 190 g/mol. The van der Waals surface area contributed by atoms with Gasteiger partial charge in [0.15, 0.2) is 0 Å². The second-order valence-corrected chi connectivity index (χ2v) is 3.16. The quantitative estimate of drug-likeness (QED) is 0.731. The molecule has 76 valence electrons. The molecule has 0 bridgehead atoms. The molecule has 2 aromatic rings. The van der Waals surface area contributed by atoms with Crippen LogP contribution in [0.3, 0.4) is 0 Å². The van der Waals surface area contributed by atoms with Gasteiger partial charge in [0.05, 0.1) is 11.7 Å². The summed E-state index contributed by atoms with van der Waals surface area (Å²) >= 11 is 0. The van der Waals surface area contributed by atoms with E-state index in [0.29, 0.717) is 0 Å². The lowest BCUT2D eigenvalue weighted by Gasteiger charge is -2.01. The predicted octanol–water partition coefficient (Wildman–Crippen LogP) is 2.08. The first-order valence-electron chi connectivity index (χ1n) is 4.66. The molecule has 0 spiro atoms. The number of nitrogens with zero attached hydrogens (tertiary/aromatic N) is 1. The second-order valence-electron chi connectivity index (χ2n) is 3.16. The maximum atomic E-state index is 11.3. The zero-order chi connectivity index (χ0) is 10.7. The van der Waals surface area contributed by atoms with Gasteiger partial charge in [0.2, 0.25) is 5.91 Å². The maximum absolute atomic E-state index is 11.3. The molecule has 1 aromatic carbocycles. The van der Waals surface area contributed by atoms with Gasteiger partial charge in [0.1, 0.15) is 0 Å². The number of carbonyl (C=O) groups excluding carboxylic acids is 1. The molecule has 0 aliphatic carbocycles. The Balaban J connectivity index is 2.24. The number of allylic oxidation sites excluding steroid dienone is 1. The van der Waals surface area contributed by atoms with Crippen molar-refractivity contribution in [3.8, 4) is 0 Å². The van der Waals surface area contributed by atoms with Gasteiger partial charge in [0, 0.05) is 11.1 Å². The lowest BCUT2D eigenvalue weighted by atomic mass is 10.2. The molecule has 0 unspecified atom stereocenters. The average Bonchev–Trinajstić information content (AvgIpc) is 2.65. The Morgan fingerprint density at radius 3 is 3.20 bits per heavy atom. The fourth-order valence-corrected chi connectivity index (χ4v) is 1.35. The van der Waals surface area contributed by atoms with Crippen LogP contribution in [0.25, 0.3) is 10.9 Å². The molecule has 1 aromatic heterocycles. The number of carbonyl (C=O) groups is 1. The number of nitrogens with one attached hydrogen (secondary N) is 2. The van der Waals surface area contributed by atoms with Crippen LogP contribution in [0, 0.1) is 0 Å². The van der Waals surface area contributed by atoms with Gasteiger partial charge in [-0.25, -0.2) is 0 Å². The van der Waals surface area contributed by atoms with E-state index in [1.54, 1.807) is 19.2 Å². The van der Waals surface area contributed by atoms with E-state index in [4.69, 9.17) is 0 Å². The van der Waals surface area contributed by atoms with E-state index >= 15 is 0 Å². The number of amides is 1. The molecule has 0 saturated carbocycles. The van der Waals surface area contributed by atoms with E-state index in [9.17, 15) is 4.79 Å². The van der Waals surface area contributed by atoms with E-state index in [0.717, 1.165) is 16.6 Å².